The summed E-state index contributed by atoms with van der Waals surface area (Å²) in [7, 11) is 0. The van der Waals surface area contributed by atoms with Gasteiger partial charge in [-0.25, -0.2) is 4.79 Å². The number of carboxylic acids is 2. The molecule has 1 rings (SSSR count). The zero-order valence-electron chi connectivity index (χ0n) is 17.0. The summed E-state index contributed by atoms with van der Waals surface area (Å²) in [5.41, 5.74) is 6.54. The number of carbonyl (C=O) groups excluding carboxylic acids is 3. The van der Waals surface area contributed by atoms with Gasteiger partial charge in [0, 0.05) is 0 Å². The number of hydrogen-bond donors (Lipinski definition) is 7. The molecule has 1 aromatic rings. The Morgan fingerprint density at radius 3 is 1.84 bits per heavy atom. The summed E-state index contributed by atoms with van der Waals surface area (Å²) in [6, 6.07) is 1.26. The van der Waals surface area contributed by atoms with Gasteiger partial charge in [-0.1, -0.05) is 12.1 Å². The molecule has 0 spiro atoms. The maximum Gasteiger partial charge on any atom is 0.326 e. The van der Waals surface area contributed by atoms with Gasteiger partial charge in [-0.3, -0.25) is 19.2 Å². The third-order valence-corrected chi connectivity index (χ3v) is 4.23. The highest BCUT2D eigenvalue weighted by Gasteiger charge is 2.27. The van der Waals surface area contributed by atoms with Crippen molar-refractivity contribution in [2.45, 2.75) is 50.9 Å². The molecule has 0 aliphatic heterocycles. The lowest BCUT2D eigenvalue weighted by Gasteiger charge is -2.21. The summed E-state index contributed by atoms with van der Waals surface area (Å²) in [5.74, 6) is -5.10. The second-order valence-electron chi connectivity index (χ2n) is 6.93. The fourth-order valence-electron chi connectivity index (χ4n) is 2.44. The number of benzene rings is 1. The predicted octanol–water partition coefficient (Wildman–Crippen LogP) is -1.68. The number of aliphatic carboxylic acids is 2. The first-order valence-corrected chi connectivity index (χ1v) is 9.30. The first-order valence-electron chi connectivity index (χ1n) is 9.30. The Balaban J connectivity index is 2.56. The molecule has 170 valence electrons. The molecule has 0 bridgehead atoms. The molecule has 1 aromatic carbocycles. The van der Waals surface area contributed by atoms with Gasteiger partial charge >= 0.3 is 11.9 Å². The normalized spacial score (nSPS) is 14.4. The largest absolute Gasteiger partial charge is 0.508 e. The van der Waals surface area contributed by atoms with E-state index in [2.05, 4.69) is 10.6 Å². The Kier molecular flexibility index (Phi) is 9.41. The van der Waals surface area contributed by atoms with Crippen LogP contribution in [0.1, 0.15) is 25.8 Å². The van der Waals surface area contributed by atoms with Gasteiger partial charge in [0.15, 0.2) is 0 Å². The van der Waals surface area contributed by atoms with Crippen LogP contribution in [-0.2, 0) is 30.4 Å². The molecule has 0 aromatic heterocycles. The van der Waals surface area contributed by atoms with Gasteiger partial charge in [-0.15, -0.1) is 0 Å². The van der Waals surface area contributed by atoms with E-state index in [1.807, 2.05) is 5.32 Å². The monoisotopic (exact) mass is 438 g/mol. The quantitative estimate of drug-likeness (QED) is 0.210. The number of nitrogens with one attached hydrogen (secondary N) is 3. The highest BCUT2D eigenvalue weighted by atomic mass is 16.4. The van der Waals surface area contributed by atoms with Crippen molar-refractivity contribution in [2.24, 2.45) is 5.73 Å². The van der Waals surface area contributed by atoms with Crippen LogP contribution in [0.4, 0.5) is 0 Å². The smallest absolute Gasteiger partial charge is 0.326 e. The van der Waals surface area contributed by atoms with Crippen LogP contribution in [0.15, 0.2) is 24.3 Å². The molecule has 0 fully saturated rings. The number of phenolic OH excluding ortho intramolecular Hbond substituents is 1. The molecule has 0 unspecified atom stereocenters. The second kappa shape index (κ2) is 11.5. The molecule has 12 heteroatoms. The van der Waals surface area contributed by atoms with Crippen molar-refractivity contribution in [2.75, 3.05) is 0 Å². The van der Waals surface area contributed by atoms with Gasteiger partial charge in [-0.05, 0) is 38.0 Å². The summed E-state index contributed by atoms with van der Waals surface area (Å²) in [6.07, 6.45) is -0.660. The van der Waals surface area contributed by atoms with Gasteiger partial charge in [0.2, 0.25) is 17.7 Å². The fourth-order valence-corrected chi connectivity index (χ4v) is 2.44. The van der Waals surface area contributed by atoms with Crippen molar-refractivity contribution in [1.29, 1.82) is 0 Å². The fraction of sp³-hybridized carbons (Fsp3) is 0.421. The van der Waals surface area contributed by atoms with Gasteiger partial charge in [-0.2, -0.15) is 0 Å². The van der Waals surface area contributed by atoms with E-state index in [0.717, 1.165) is 0 Å². The predicted molar refractivity (Wildman–Crippen MR) is 107 cm³/mol. The van der Waals surface area contributed by atoms with E-state index in [4.69, 9.17) is 15.9 Å². The van der Waals surface area contributed by atoms with E-state index < -0.39 is 60.2 Å². The maximum absolute atomic E-state index is 12.2. The molecule has 8 N–H and O–H groups in total. The molecule has 0 saturated carbocycles. The molecule has 3 amide bonds. The first-order chi connectivity index (χ1) is 14.4. The van der Waals surface area contributed by atoms with Crippen LogP contribution in [0.2, 0.25) is 0 Å². The Bertz CT molecular complexity index is 827. The lowest BCUT2D eigenvalue weighted by molar-refractivity contribution is -0.147. The minimum Gasteiger partial charge on any atom is -0.508 e. The van der Waals surface area contributed by atoms with E-state index in [1.54, 1.807) is 12.1 Å². The summed E-state index contributed by atoms with van der Waals surface area (Å²) in [5, 5.41) is 33.6. The molecule has 31 heavy (non-hydrogen) atoms. The van der Waals surface area contributed by atoms with E-state index in [1.165, 1.54) is 26.0 Å². The Hall–Kier alpha value is -3.67. The Morgan fingerprint density at radius 1 is 0.871 bits per heavy atom. The minimum atomic E-state index is -1.65. The van der Waals surface area contributed by atoms with Gasteiger partial charge < -0.3 is 37.0 Å². The Morgan fingerprint density at radius 2 is 1.35 bits per heavy atom. The highest BCUT2D eigenvalue weighted by Crippen LogP contribution is 2.11. The van der Waals surface area contributed by atoms with E-state index in [0.29, 0.717) is 5.56 Å². The summed E-state index contributed by atoms with van der Waals surface area (Å²) >= 11 is 0. The van der Waals surface area contributed by atoms with Crippen LogP contribution in [0, 0.1) is 0 Å². The zero-order chi connectivity index (χ0) is 23.7. The van der Waals surface area contributed by atoms with Crippen molar-refractivity contribution in [3.05, 3.63) is 29.8 Å². The minimum absolute atomic E-state index is 0.0721. The van der Waals surface area contributed by atoms with E-state index in [9.17, 15) is 29.1 Å². The van der Waals surface area contributed by atoms with Crippen molar-refractivity contribution in [1.82, 2.24) is 16.0 Å². The van der Waals surface area contributed by atoms with Crippen LogP contribution in [0.25, 0.3) is 0 Å². The number of nitrogens with two attached hydrogens (primary N) is 1. The van der Waals surface area contributed by atoms with Crippen molar-refractivity contribution in [3.63, 3.8) is 0 Å². The SMILES string of the molecule is C[C@H](NC(=O)[C@H](C)NC(=O)[C@@H](N)Cc1ccc(O)cc1)C(=O)N[C@@H](CC(=O)O)C(=O)O. The molecule has 0 radical (unpaired) electrons. The molecule has 0 aliphatic rings. The zero-order valence-corrected chi connectivity index (χ0v) is 17.0. The lowest BCUT2D eigenvalue weighted by Crippen LogP contribution is -2.55. The first kappa shape index (κ1) is 25.4. The van der Waals surface area contributed by atoms with Gasteiger partial charge in [0.1, 0.15) is 23.9 Å². The van der Waals surface area contributed by atoms with Crippen LogP contribution < -0.4 is 21.7 Å². The number of carbonyl (C=O) groups is 5. The van der Waals surface area contributed by atoms with Crippen molar-refractivity contribution >= 4 is 29.7 Å². The number of aromatic hydroxyl groups is 1. The second-order valence-corrected chi connectivity index (χ2v) is 6.93. The standard InChI is InChI=1S/C19H26N4O8/c1-9(22-18(29)13(20)7-11-3-5-12(24)6-4-11)16(27)21-10(2)17(28)23-14(19(30)31)8-15(25)26/h3-6,9-10,13-14,24H,7-8,20H2,1-2H3,(H,21,27)(H,22,29)(H,23,28)(H,25,26)(H,30,31)/t9-,10-,13-,14-/m0/s1. The average Bonchev–Trinajstić information content (AvgIpc) is 2.68. The van der Waals surface area contributed by atoms with E-state index >= 15 is 0 Å². The summed E-state index contributed by atoms with van der Waals surface area (Å²) in [4.78, 5) is 58.2. The van der Waals surface area contributed by atoms with Crippen LogP contribution in [0.3, 0.4) is 0 Å². The summed E-state index contributed by atoms with van der Waals surface area (Å²) < 4.78 is 0. The summed E-state index contributed by atoms with van der Waals surface area (Å²) in [6.45, 7) is 2.65. The van der Waals surface area contributed by atoms with Crippen molar-refractivity contribution < 1.29 is 39.3 Å². The topological polar surface area (TPSA) is 208 Å². The number of carboxylic acid groups (broad SMARTS) is 2. The highest BCUT2D eigenvalue weighted by molar-refractivity contribution is 5.94. The molecule has 12 nitrogen and oxygen atoms in total. The third-order valence-electron chi connectivity index (χ3n) is 4.23. The Labute approximate surface area is 177 Å². The molecule has 0 saturated heterocycles. The van der Waals surface area contributed by atoms with Crippen LogP contribution in [0.5, 0.6) is 5.75 Å². The lowest BCUT2D eigenvalue weighted by atomic mass is 10.1. The van der Waals surface area contributed by atoms with Gasteiger partial charge in [0.25, 0.3) is 0 Å². The molecular weight excluding hydrogens is 412 g/mol. The number of rotatable bonds is 11. The molecule has 4 atom stereocenters. The number of hydrogen-bond acceptors (Lipinski definition) is 7. The molecule has 0 heterocycles. The van der Waals surface area contributed by atoms with Crippen LogP contribution in [-0.4, -0.2) is 69.1 Å². The average molecular weight is 438 g/mol. The van der Waals surface area contributed by atoms with Crippen molar-refractivity contribution in [3.8, 4) is 5.75 Å². The molecule has 0 aliphatic carbocycles. The van der Waals surface area contributed by atoms with Crippen LogP contribution >= 0.6 is 0 Å². The molecular formula is C19H26N4O8. The van der Waals surface area contributed by atoms with Gasteiger partial charge in [0.05, 0.1) is 12.5 Å². The third kappa shape index (κ3) is 8.70. The number of phenols is 1. The maximum atomic E-state index is 12.2. The van der Waals surface area contributed by atoms with E-state index in [-0.39, 0.29) is 12.2 Å². The number of amides is 3.